The molecule has 8 nitrogen and oxygen atoms in total. The average Bonchev–Trinajstić information content (AvgIpc) is 3.37. The highest BCUT2D eigenvalue weighted by Gasteiger charge is 2.57. The van der Waals surface area contributed by atoms with Gasteiger partial charge in [-0.15, -0.1) is 0 Å². The summed E-state index contributed by atoms with van der Waals surface area (Å²) in [5.41, 5.74) is 3.65. The Morgan fingerprint density at radius 2 is 1.72 bits per heavy atom. The number of amides is 4. The van der Waals surface area contributed by atoms with Crippen LogP contribution in [0.15, 0.2) is 42.7 Å². The lowest BCUT2D eigenvalue weighted by Gasteiger charge is -2.34. The maximum absolute atomic E-state index is 13.7. The lowest BCUT2D eigenvalue weighted by molar-refractivity contribution is -0.135. The van der Waals surface area contributed by atoms with E-state index in [0.29, 0.717) is 25.2 Å². The van der Waals surface area contributed by atoms with E-state index < -0.39 is 11.0 Å². The second kappa shape index (κ2) is 8.60. The smallest absolute Gasteiger partial charge is 0.310 e. The van der Waals surface area contributed by atoms with Gasteiger partial charge in [0.05, 0.1) is 17.5 Å². The molecule has 2 aliphatic carbocycles. The summed E-state index contributed by atoms with van der Waals surface area (Å²) >= 11 is 0. The van der Waals surface area contributed by atoms with Crippen molar-refractivity contribution in [2.75, 3.05) is 5.32 Å². The number of carbonyl (C=O) groups excluding carboxylic acids is 3. The minimum atomic E-state index is -0.756. The highest BCUT2D eigenvalue weighted by molar-refractivity contribution is 6.08. The van der Waals surface area contributed by atoms with Crippen LogP contribution in [-0.2, 0) is 34.4 Å². The van der Waals surface area contributed by atoms with Crippen LogP contribution < -0.4 is 5.32 Å². The van der Waals surface area contributed by atoms with Crippen LogP contribution in [0.2, 0.25) is 0 Å². The molecular formula is C31H33N5O3. The maximum atomic E-state index is 13.7. The molecule has 2 aromatic heterocycles. The zero-order chi connectivity index (χ0) is 26.9. The molecular weight excluding hydrogens is 490 g/mol. The zero-order valence-corrected chi connectivity index (χ0v) is 22.5. The molecule has 200 valence electrons. The summed E-state index contributed by atoms with van der Waals surface area (Å²) in [5, 5.41) is 3.96. The van der Waals surface area contributed by atoms with E-state index in [-0.39, 0.29) is 23.9 Å². The number of fused-ring (bicyclic) bond motifs is 4. The highest BCUT2D eigenvalue weighted by atomic mass is 16.2. The molecule has 2 fully saturated rings. The molecule has 4 aliphatic rings. The Morgan fingerprint density at radius 1 is 0.974 bits per heavy atom. The number of pyridine rings is 2. The van der Waals surface area contributed by atoms with Gasteiger partial charge in [-0.05, 0) is 80.5 Å². The summed E-state index contributed by atoms with van der Waals surface area (Å²) in [7, 11) is 0. The lowest BCUT2D eigenvalue weighted by Crippen LogP contribution is -2.49. The summed E-state index contributed by atoms with van der Waals surface area (Å²) in [6.45, 7) is 4.18. The topological polar surface area (TPSA) is 95.5 Å². The van der Waals surface area contributed by atoms with Gasteiger partial charge in [-0.2, -0.15) is 0 Å². The van der Waals surface area contributed by atoms with Crippen molar-refractivity contribution in [1.29, 1.82) is 0 Å². The number of nitrogens with one attached hydrogen (secondary N) is 1. The summed E-state index contributed by atoms with van der Waals surface area (Å²) in [6, 6.07) is 9.87. The van der Waals surface area contributed by atoms with Gasteiger partial charge >= 0.3 is 6.03 Å². The molecule has 2 aliphatic heterocycles. The number of benzene rings is 1. The maximum Gasteiger partial charge on any atom is 0.328 e. The summed E-state index contributed by atoms with van der Waals surface area (Å²) in [5.74, 6) is 0.629. The molecule has 1 saturated heterocycles. The van der Waals surface area contributed by atoms with E-state index in [2.05, 4.69) is 28.5 Å². The normalized spacial score (nSPS) is 23.7. The number of anilines is 1. The minimum absolute atomic E-state index is 0.00530. The van der Waals surface area contributed by atoms with Gasteiger partial charge in [-0.3, -0.25) is 19.5 Å². The van der Waals surface area contributed by atoms with Gasteiger partial charge in [0, 0.05) is 29.4 Å². The Labute approximate surface area is 227 Å². The first-order chi connectivity index (χ1) is 18.8. The van der Waals surface area contributed by atoms with Gasteiger partial charge < -0.3 is 10.2 Å². The van der Waals surface area contributed by atoms with E-state index in [4.69, 9.17) is 4.98 Å². The van der Waals surface area contributed by atoms with Crippen LogP contribution in [-0.4, -0.2) is 49.2 Å². The van der Waals surface area contributed by atoms with Crippen LogP contribution in [0.5, 0.6) is 0 Å². The molecule has 1 aromatic carbocycles. The SMILES string of the molecule is CC(C)N1C(=O)N(Cc2cnc3cc4c(cc3c2)C[C@@]2(C4)C(=O)Nc3ncccc32)C2(CCCCCC2)C1=O. The number of nitrogens with zero attached hydrogens (tertiary/aromatic N) is 4. The van der Waals surface area contributed by atoms with Gasteiger partial charge in [-0.1, -0.05) is 31.7 Å². The summed E-state index contributed by atoms with van der Waals surface area (Å²) in [4.78, 5) is 52.9. The Hall–Kier alpha value is -3.81. The second-order valence-corrected chi connectivity index (χ2v) is 12.0. The van der Waals surface area contributed by atoms with Crippen molar-refractivity contribution in [3.8, 4) is 0 Å². The number of imide groups is 1. The predicted molar refractivity (Wildman–Crippen MR) is 147 cm³/mol. The number of aromatic nitrogens is 2. The van der Waals surface area contributed by atoms with E-state index in [9.17, 15) is 14.4 Å². The van der Waals surface area contributed by atoms with Crippen molar-refractivity contribution < 1.29 is 14.4 Å². The molecule has 7 rings (SSSR count). The average molecular weight is 524 g/mol. The first-order valence-electron chi connectivity index (χ1n) is 14.2. The fraction of sp³-hybridized carbons (Fsp3) is 0.452. The molecule has 3 aromatic rings. The van der Waals surface area contributed by atoms with Crippen LogP contribution in [0.1, 0.15) is 74.6 Å². The van der Waals surface area contributed by atoms with Crippen LogP contribution in [0.4, 0.5) is 10.6 Å². The van der Waals surface area contributed by atoms with E-state index in [1.807, 2.05) is 37.1 Å². The third kappa shape index (κ3) is 3.46. The predicted octanol–water partition coefficient (Wildman–Crippen LogP) is 4.88. The minimum Gasteiger partial charge on any atom is -0.310 e. The van der Waals surface area contributed by atoms with E-state index >= 15 is 0 Å². The molecule has 8 heteroatoms. The fourth-order valence-electron chi connectivity index (χ4n) is 7.43. The molecule has 2 spiro atoms. The third-order valence-electron chi connectivity index (χ3n) is 9.39. The van der Waals surface area contributed by atoms with Gasteiger partial charge in [0.1, 0.15) is 11.4 Å². The van der Waals surface area contributed by atoms with Crippen molar-refractivity contribution >= 4 is 34.6 Å². The van der Waals surface area contributed by atoms with Crippen molar-refractivity contribution in [2.24, 2.45) is 0 Å². The molecule has 1 N–H and O–H groups in total. The number of hydrogen-bond donors (Lipinski definition) is 1. The Bertz CT molecular complexity index is 1540. The number of hydrogen-bond acceptors (Lipinski definition) is 5. The zero-order valence-electron chi connectivity index (χ0n) is 22.5. The van der Waals surface area contributed by atoms with E-state index in [1.165, 1.54) is 4.90 Å². The molecule has 4 amide bonds. The lowest BCUT2D eigenvalue weighted by atomic mass is 9.79. The molecule has 1 atom stereocenters. The molecule has 0 bridgehead atoms. The van der Waals surface area contributed by atoms with Crippen LogP contribution in [0, 0.1) is 0 Å². The first-order valence-corrected chi connectivity index (χ1v) is 14.2. The molecule has 4 heterocycles. The highest BCUT2D eigenvalue weighted by Crippen LogP contribution is 2.47. The van der Waals surface area contributed by atoms with Crippen LogP contribution >= 0.6 is 0 Å². The largest absolute Gasteiger partial charge is 0.328 e. The van der Waals surface area contributed by atoms with Crippen molar-refractivity contribution in [3.63, 3.8) is 0 Å². The number of rotatable bonds is 3. The van der Waals surface area contributed by atoms with Gasteiger partial charge in [0.25, 0.3) is 5.91 Å². The molecule has 39 heavy (non-hydrogen) atoms. The van der Waals surface area contributed by atoms with E-state index in [0.717, 1.165) is 71.7 Å². The summed E-state index contributed by atoms with van der Waals surface area (Å²) in [6.07, 6.45) is 10.3. The van der Waals surface area contributed by atoms with Crippen LogP contribution in [0.25, 0.3) is 10.9 Å². The molecule has 1 saturated carbocycles. The van der Waals surface area contributed by atoms with Crippen molar-refractivity contribution in [2.45, 2.75) is 88.8 Å². The molecule has 0 radical (unpaired) electrons. The Morgan fingerprint density at radius 3 is 2.46 bits per heavy atom. The van der Waals surface area contributed by atoms with Gasteiger partial charge in [-0.25, -0.2) is 9.78 Å². The second-order valence-electron chi connectivity index (χ2n) is 12.0. The monoisotopic (exact) mass is 523 g/mol. The Balaban J connectivity index is 1.23. The van der Waals surface area contributed by atoms with Crippen molar-refractivity contribution in [1.82, 2.24) is 19.8 Å². The van der Waals surface area contributed by atoms with Gasteiger partial charge in [0.2, 0.25) is 5.91 Å². The van der Waals surface area contributed by atoms with Crippen molar-refractivity contribution in [3.05, 3.63) is 65.0 Å². The standard InChI is InChI=1S/C31H33N5O3/c1-19(2)36-28(38)31(9-5-3-4-6-10-31)35(29(36)39)18-20-12-21-13-22-15-30(16-23(22)14-25(21)33-17-20)24-8-7-11-32-26(24)34-27(30)37/h7-8,11-14,17,19H,3-6,9-10,15-16,18H2,1-2H3,(H,32,34,37)/t30-/m0/s1. The van der Waals surface area contributed by atoms with Gasteiger partial charge in [0.15, 0.2) is 0 Å². The first kappa shape index (κ1) is 24.2. The van der Waals surface area contributed by atoms with Crippen LogP contribution in [0.3, 0.4) is 0 Å². The third-order valence-corrected chi connectivity index (χ3v) is 9.39. The quantitative estimate of drug-likeness (QED) is 0.494. The number of carbonyl (C=O) groups is 3. The number of urea groups is 1. The summed E-state index contributed by atoms with van der Waals surface area (Å²) < 4.78 is 0. The fourth-order valence-corrected chi connectivity index (χ4v) is 7.43. The van der Waals surface area contributed by atoms with E-state index in [1.54, 1.807) is 6.20 Å². The molecule has 0 unspecified atom stereocenters. The Kier molecular flexibility index (Phi) is 5.34.